The van der Waals surface area contributed by atoms with E-state index in [1.165, 1.54) is 0 Å². The summed E-state index contributed by atoms with van der Waals surface area (Å²) in [6.07, 6.45) is -3.59. The fourth-order valence-electron chi connectivity index (χ4n) is 1.37. The van der Waals surface area contributed by atoms with E-state index in [0.29, 0.717) is 5.92 Å². The highest BCUT2D eigenvalue weighted by Gasteiger charge is 2.30. The predicted octanol–water partition coefficient (Wildman–Crippen LogP) is 2.42. The van der Waals surface area contributed by atoms with Crippen molar-refractivity contribution in [3.63, 3.8) is 0 Å². The molecule has 1 aliphatic carbocycles. The number of nitrogens with one attached hydrogen (secondary N) is 1. The van der Waals surface area contributed by atoms with Crippen LogP contribution in [0.15, 0.2) is 0 Å². The summed E-state index contributed by atoms with van der Waals surface area (Å²) >= 11 is 3.35. The first-order chi connectivity index (χ1) is 7.70. The molecule has 3 nitrogen and oxygen atoms in total. The molecule has 0 aliphatic heterocycles. The molecule has 1 aliphatic rings. The Bertz CT molecular complexity index is 341. The van der Waals surface area contributed by atoms with E-state index in [0.717, 1.165) is 12.8 Å². The smallest absolute Gasteiger partial charge is 0.214 e. The van der Waals surface area contributed by atoms with Crippen LogP contribution in [0.25, 0.3) is 0 Å². The van der Waals surface area contributed by atoms with Gasteiger partial charge in [-0.15, -0.1) is 0 Å². The van der Waals surface area contributed by atoms with E-state index < -0.39 is 34.8 Å². The summed E-state index contributed by atoms with van der Waals surface area (Å²) < 4.78 is 60.6. The van der Waals surface area contributed by atoms with Crippen LogP contribution >= 0.6 is 15.9 Å². The van der Waals surface area contributed by atoms with Crippen LogP contribution in [0.3, 0.4) is 0 Å². The Labute approximate surface area is 107 Å². The number of hydrogen-bond donors (Lipinski definition) is 1. The highest BCUT2D eigenvalue weighted by atomic mass is 79.9. The Morgan fingerprint density at radius 1 is 1.35 bits per heavy atom. The molecule has 0 bridgehead atoms. The molecule has 0 aromatic rings. The average molecular weight is 338 g/mol. The summed E-state index contributed by atoms with van der Waals surface area (Å²) in [4.78, 5) is 0.0832. The maximum Gasteiger partial charge on any atom is 0.389 e. The third-order valence-electron chi connectivity index (χ3n) is 2.51. The van der Waals surface area contributed by atoms with E-state index in [-0.39, 0.29) is 11.4 Å². The summed E-state index contributed by atoms with van der Waals surface area (Å²) in [6.45, 7) is 0.249. The number of hydrogen-bond acceptors (Lipinski definition) is 2. The molecule has 1 atom stereocenters. The molecule has 1 unspecified atom stereocenters. The second-order valence-electron chi connectivity index (χ2n) is 4.24. The normalized spacial score (nSPS) is 19.3. The summed E-state index contributed by atoms with van der Waals surface area (Å²) in [5.74, 6) is 0.0181. The fourth-order valence-corrected chi connectivity index (χ4v) is 3.37. The maximum absolute atomic E-state index is 11.8. The molecular formula is C9H15BrF3NO2S. The van der Waals surface area contributed by atoms with Gasteiger partial charge in [-0.05, 0) is 25.2 Å². The van der Waals surface area contributed by atoms with Crippen molar-refractivity contribution in [2.24, 2.45) is 5.92 Å². The highest BCUT2D eigenvalue weighted by Crippen LogP contribution is 2.36. The second-order valence-corrected chi connectivity index (χ2v) is 7.34. The van der Waals surface area contributed by atoms with E-state index in [2.05, 4.69) is 20.7 Å². The van der Waals surface area contributed by atoms with E-state index in [1.54, 1.807) is 0 Å². The summed E-state index contributed by atoms with van der Waals surface area (Å²) in [5.41, 5.74) is 0. The SMILES string of the molecule is O=S(=O)(CCCC(F)(F)F)NCC(Br)C1CC1. The number of rotatable bonds is 7. The van der Waals surface area contributed by atoms with E-state index in [9.17, 15) is 21.6 Å². The second kappa shape index (κ2) is 5.88. The van der Waals surface area contributed by atoms with Crippen LogP contribution in [0, 0.1) is 5.92 Å². The minimum atomic E-state index is -4.29. The summed E-state index contributed by atoms with van der Waals surface area (Å²) in [6, 6.07) is 0. The highest BCUT2D eigenvalue weighted by molar-refractivity contribution is 9.09. The van der Waals surface area contributed by atoms with Crippen molar-refractivity contribution in [2.75, 3.05) is 12.3 Å². The van der Waals surface area contributed by atoms with Gasteiger partial charge in [0.2, 0.25) is 10.0 Å². The van der Waals surface area contributed by atoms with Gasteiger partial charge in [-0.3, -0.25) is 0 Å². The predicted molar refractivity (Wildman–Crippen MR) is 62.5 cm³/mol. The van der Waals surface area contributed by atoms with Gasteiger partial charge in [0.1, 0.15) is 0 Å². The molecule has 0 aromatic heterocycles. The topological polar surface area (TPSA) is 46.2 Å². The van der Waals surface area contributed by atoms with Crippen LogP contribution in [-0.2, 0) is 10.0 Å². The third kappa shape index (κ3) is 7.25. The van der Waals surface area contributed by atoms with Crippen LogP contribution in [0.1, 0.15) is 25.7 Å². The first-order valence-electron chi connectivity index (χ1n) is 5.38. The first kappa shape index (κ1) is 15.2. The molecule has 1 rings (SSSR count). The molecule has 1 saturated carbocycles. The van der Waals surface area contributed by atoms with Gasteiger partial charge in [-0.1, -0.05) is 15.9 Å². The van der Waals surface area contributed by atoms with Gasteiger partial charge in [0.25, 0.3) is 0 Å². The van der Waals surface area contributed by atoms with Crippen molar-refractivity contribution < 1.29 is 21.6 Å². The van der Waals surface area contributed by atoms with Crippen LogP contribution in [0.2, 0.25) is 0 Å². The van der Waals surface area contributed by atoms with Crippen molar-refractivity contribution in [2.45, 2.75) is 36.7 Å². The van der Waals surface area contributed by atoms with Gasteiger partial charge < -0.3 is 0 Å². The minimum Gasteiger partial charge on any atom is -0.214 e. The molecule has 0 saturated heterocycles. The number of halogens is 4. The molecule has 0 heterocycles. The van der Waals surface area contributed by atoms with Crippen LogP contribution in [0.4, 0.5) is 13.2 Å². The maximum atomic E-state index is 11.8. The molecule has 8 heteroatoms. The quantitative estimate of drug-likeness (QED) is 0.725. The van der Waals surface area contributed by atoms with Gasteiger partial charge in [0, 0.05) is 17.8 Å². The molecular weight excluding hydrogens is 323 g/mol. The first-order valence-corrected chi connectivity index (χ1v) is 7.94. The van der Waals surface area contributed by atoms with Crippen LogP contribution in [-0.4, -0.2) is 31.7 Å². The summed E-state index contributed by atoms with van der Waals surface area (Å²) in [7, 11) is -3.58. The Balaban J connectivity index is 2.21. The van der Waals surface area contributed by atoms with Crippen LogP contribution < -0.4 is 4.72 Å². The Hall–Kier alpha value is 0.180. The molecule has 0 amide bonds. The largest absolute Gasteiger partial charge is 0.389 e. The van der Waals surface area contributed by atoms with Crippen molar-refractivity contribution >= 4 is 26.0 Å². The van der Waals surface area contributed by atoms with Gasteiger partial charge in [0.05, 0.1) is 5.75 Å². The Morgan fingerprint density at radius 3 is 2.41 bits per heavy atom. The van der Waals surface area contributed by atoms with Crippen molar-refractivity contribution in [1.82, 2.24) is 4.72 Å². The lowest BCUT2D eigenvalue weighted by atomic mass is 10.3. The van der Waals surface area contributed by atoms with Crippen LogP contribution in [0.5, 0.6) is 0 Å². The van der Waals surface area contributed by atoms with Gasteiger partial charge in [-0.25, -0.2) is 13.1 Å². The van der Waals surface area contributed by atoms with E-state index >= 15 is 0 Å². The molecule has 1 fully saturated rings. The minimum absolute atomic E-state index is 0.0832. The Morgan fingerprint density at radius 2 is 1.94 bits per heavy atom. The fraction of sp³-hybridized carbons (Fsp3) is 1.00. The van der Waals surface area contributed by atoms with Crippen molar-refractivity contribution in [3.8, 4) is 0 Å². The monoisotopic (exact) mass is 337 g/mol. The van der Waals surface area contributed by atoms with E-state index in [4.69, 9.17) is 0 Å². The Kier molecular flexibility index (Phi) is 5.27. The molecule has 0 aromatic carbocycles. The molecule has 17 heavy (non-hydrogen) atoms. The molecule has 0 radical (unpaired) electrons. The van der Waals surface area contributed by atoms with Gasteiger partial charge in [-0.2, -0.15) is 13.2 Å². The van der Waals surface area contributed by atoms with Gasteiger partial charge in [0.15, 0.2) is 0 Å². The molecule has 102 valence electrons. The lowest BCUT2D eigenvalue weighted by molar-refractivity contribution is -0.134. The van der Waals surface area contributed by atoms with E-state index in [1.807, 2.05) is 0 Å². The summed E-state index contributed by atoms with van der Waals surface area (Å²) in [5, 5.41) is 0. The number of sulfonamides is 1. The average Bonchev–Trinajstić information content (AvgIpc) is 2.94. The standard InChI is InChI=1S/C9H15BrF3NO2S/c10-8(7-2-3-7)6-14-17(15,16)5-1-4-9(11,12)13/h7-8,14H,1-6H2. The zero-order valence-electron chi connectivity index (χ0n) is 9.13. The molecule has 0 spiro atoms. The zero-order chi connectivity index (χ0) is 13.1. The molecule has 1 N–H and O–H groups in total. The van der Waals surface area contributed by atoms with Gasteiger partial charge >= 0.3 is 6.18 Å². The lowest BCUT2D eigenvalue weighted by Crippen LogP contribution is -2.32. The third-order valence-corrected chi connectivity index (χ3v) is 5.01. The van der Waals surface area contributed by atoms with Crippen molar-refractivity contribution in [3.05, 3.63) is 0 Å². The van der Waals surface area contributed by atoms with Crippen molar-refractivity contribution in [1.29, 1.82) is 0 Å². The lowest BCUT2D eigenvalue weighted by Gasteiger charge is -2.11. The zero-order valence-corrected chi connectivity index (χ0v) is 11.5. The number of alkyl halides is 4.